The zero-order chi connectivity index (χ0) is 10.9. The van der Waals surface area contributed by atoms with Crippen LogP contribution < -0.4 is 0 Å². The number of hydrogen-bond donors (Lipinski definition) is 0. The first-order valence-corrected chi connectivity index (χ1v) is 5.00. The lowest BCUT2D eigenvalue weighted by atomic mass is 10.1. The van der Waals surface area contributed by atoms with Crippen LogP contribution in [-0.2, 0) is 20.7 Å². The van der Waals surface area contributed by atoms with Gasteiger partial charge in [-0.3, -0.25) is 9.59 Å². The van der Waals surface area contributed by atoms with Crippen molar-refractivity contribution >= 4 is 12.4 Å². The summed E-state index contributed by atoms with van der Waals surface area (Å²) in [7, 11) is 0. The Bertz CT molecular complexity index is 306. The van der Waals surface area contributed by atoms with E-state index in [0.717, 1.165) is 19.3 Å². The van der Waals surface area contributed by atoms with E-state index in [1.165, 1.54) is 5.56 Å². The fraction of sp³-hybridized carbons (Fsp3) is 0.333. The van der Waals surface area contributed by atoms with Crippen molar-refractivity contribution in [2.24, 2.45) is 0 Å². The van der Waals surface area contributed by atoms with E-state index in [1.807, 2.05) is 18.2 Å². The van der Waals surface area contributed by atoms with Crippen molar-refractivity contribution in [1.82, 2.24) is 0 Å². The van der Waals surface area contributed by atoms with Gasteiger partial charge in [0.25, 0.3) is 0 Å². The van der Waals surface area contributed by atoms with Gasteiger partial charge in [0.05, 0.1) is 0 Å². The van der Waals surface area contributed by atoms with Gasteiger partial charge >= 0.3 is 12.4 Å². The number of aryl methyl sites for hydroxylation is 1. The first-order chi connectivity index (χ1) is 7.33. The van der Waals surface area contributed by atoms with E-state index in [0.29, 0.717) is 6.42 Å². The van der Waals surface area contributed by atoms with Crippen LogP contribution in [-0.4, -0.2) is 12.4 Å². The van der Waals surface area contributed by atoms with Crippen LogP contribution in [0.2, 0.25) is 0 Å². The molecule has 0 radical (unpaired) electrons. The fourth-order valence-electron chi connectivity index (χ4n) is 1.36. The molecule has 0 spiro atoms. The molecule has 0 bridgehead atoms. The second-order valence-electron chi connectivity index (χ2n) is 3.28. The van der Waals surface area contributed by atoms with Crippen molar-refractivity contribution in [3.63, 3.8) is 0 Å². The quantitative estimate of drug-likeness (QED) is 0.310. The van der Waals surface area contributed by atoms with Gasteiger partial charge in [-0.05, 0) is 24.8 Å². The van der Waals surface area contributed by atoms with Gasteiger partial charge in [0.2, 0.25) is 0 Å². The lowest BCUT2D eigenvalue weighted by Gasteiger charge is -2.00. The standard InChI is InChI=1S/C12H14O3/c13-10-15-12(14)9-5-4-8-11-6-2-1-3-7-11/h1-3,6-7,10H,4-5,8-9H2. The van der Waals surface area contributed by atoms with Crippen LogP contribution in [0.4, 0.5) is 0 Å². The number of rotatable bonds is 6. The Labute approximate surface area is 89.1 Å². The number of benzene rings is 1. The van der Waals surface area contributed by atoms with Crippen molar-refractivity contribution < 1.29 is 14.3 Å². The number of ether oxygens (including phenoxy) is 1. The maximum absolute atomic E-state index is 10.8. The third-order valence-corrected chi connectivity index (χ3v) is 2.12. The Morgan fingerprint density at radius 2 is 1.93 bits per heavy atom. The number of unbranched alkanes of at least 4 members (excludes halogenated alkanes) is 1. The second-order valence-corrected chi connectivity index (χ2v) is 3.28. The summed E-state index contributed by atoms with van der Waals surface area (Å²) in [6.07, 6.45) is 2.94. The summed E-state index contributed by atoms with van der Waals surface area (Å²) in [4.78, 5) is 20.6. The molecule has 0 aliphatic rings. The van der Waals surface area contributed by atoms with Gasteiger partial charge in [-0.25, -0.2) is 0 Å². The van der Waals surface area contributed by atoms with Crippen molar-refractivity contribution in [2.75, 3.05) is 0 Å². The summed E-state index contributed by atoms with van der Waals surface area (Å²) in [6.45, 7) is 0.180. The van der Waals surface area contributed by atoms with E-state index in [-0.39, 0.29) is 6.47 Å². The maximum Gasteiger partial charge on any atom is 0.313 e. The largest absolute Gasteiger partial charge is 0.395 e. The maximum atomic E-state index is 10.8. The molecule has 3 nitrogen and oxygen atoms in total. The Morgan fingerprint density at radius 1 is 1.20 bits per heavy atom. The molecule has 0 aliphatic carbocycles. The molecule has 80 valence electrons. The molecule has 1 aromatic rings. The summed E-state index contributed by atoms with van der Waals surface area (Å²) < 4.78 is 4.17. The highest BCUT2D eigenvalue weighted by atomic mass is 16.6. The summed E-state index contributed by atoms with van der Waals surface area (Å²) in [6, 6.07) is 10.1. The van der Waals surface area contributed by atoms with Gasteiger partial charge in [-0.15, -0.1) is 0 Å². The molecule has 1 aromatic carbocycles. The van der Waals surface area contributed by atoms with Crippen molar-refractivity contribution in [3.05, 3.63) is 35.9 Å². The van der Waals surface area contributed by atoms with Crippen molar-refractivity contribution in [1.29, 1.82) is 0 Å². The van der Waals surface area contributed by atoms with Crippen LogP contribution >= 0.6 is 0 Å². The first-order valence-electron chi connectivity index (χ1n) is 5.00. The molecule has 1 rings (SSSR count). The molecule has 0 saturated carbocycles. The minimum atomic E-state index is -0.446. The predicted octanol–water partition coefficient (Wildman–Crippen LogP) is 2.10. The molecule has 15 heavy (non-hydrogen) atoms. The van der Waals surface area contributed by atoms with Crippen molar-refractivity contribution in [2.45, 2.75) is 25.7 Å². The fourth-order valence-corrected chi connectivity index (χ4v) is 1.36. The molecule has 0 fully saturated rings. The number of carbonyl (C=O) groups excluding carboxylic acids is 2. The average molecular weight is 206 g/mol. The molecular formula is C12H14O3. The Kier molecular flexibility index (Phi) is 5.15. The summed E-state index contributed by atoms with van der Waals surface area (Å²) in [5.74, 6) is -0.446. The van der Waals surface area contributed by atoms with Gasteiger partial charge in [-0.2, -0.15) is 0 Å². The summed E-state index contributed by atoms with van der Waals surface area (Å²) >= 11 is 0. The van der Waals surface area contributed by atoms with Crippen LogP contribution in [0, 0.1) is 0 Å². The van der Waals surface area contributed by atoms with E-state index >= 15 is 0 Å². The minimum absolute atomic E-state index is 0.180. The molecule has 0 heterocycles. The molecule has 3 heteroatoms. The molecule has 0 aromatic heterocycles. The molecule has 0 aliphatic heterocycles. The lowest BCUT2D eigenvalue weighted by Crippen LogP contribution is -2.02. The lowest BCUT2D eigenvalue weighted by molar-refractivity contribution is -0.151. The zero-order valence-electron chi connectivity index (χ0n) is 8.52. The minimum Gasteiger partial charge on any atom is -0.395 e. The SMILES string of the molecule is O=COC(=O)CCCCc1ccccc1. The third kappa shape index (κ3) is 4.96. The van der Waals surface area contributed by atoms with Crippen LogP contribution in [0.25, 0.3) is 0 Å². The molecular weight excluding hydrogens is 192 g/mol. The van der Waals surface area contributed by atoms with Crippen LogP contribution in [0.15, 0.2) is 30.3 Å². The first kappa shape index (κ1) is 11.4. The number of esters is 1. The van der Waals surface area contributed by atoms with Crippen molar-refractivity contribution in [3.8, 4) is 0 Å². The van der Waals surface area contributed by atoms with E-state index in [9.17, 15) is 9.59 Å². The highest BCUT2D eigenvalue weighted by Crippen LogP contribution is 2.06. The molecule has 0 amide bonds. The van der Waals surface area contributed by atoms with Gasteiger partial charge in [-0.1, -0.05) is 30.3 Å². The van der Waals surface area contributed by atoms with Crippen LogP contribution in [0.3, 0.4) is 0 Å². The monoisotopic (exact) mass is 206 g/mol. The predicted molar refractivity (Wildman–Crippen MR) is 56.2 cm³/mol. The summed E-state index contributed by atoms with van der Waals surface area (Å²) in [5.41, 5.74) is 1.27. The normalized spacial score (nSPS) is 9.60. The van der Waals surface area contributed by atoms with Gasteiger partial charge in [0, 0.05) is 6.42 Å². The Morgan fingerprint density at radius 3 is 2.60 bits per heavy atom. The Hall–Kier alpha value is -1.64. The zero-order valence-corrected chi connectivity index (χ0v) is 8.52. The smallest absolute Gasteiger partial charge is 0.313 e. The third-order valence-electron chi connectivity index (χ3n) is 2.12. The van der Waals surface area contributed by atoms with E-state index < -0.39 is 5.97 Å². The van der Waals surface area contributed by atoms with Gasteiger partial charge < -0.3 is 4.74 Å². The topological polar surface area (TPSA) is 43.4 Å². The van der Waals surface area contributed by atoms with Crippen LogP contribution in [0.1, 0.15) is 24.8 Å². The van der Waals surface area contributed by atoms with E-state index in [1.54, 1.807) is 0 Å². The number of carbonyl (C=O) groups is 2. The second kappa shape index (κ2) is 6.76. The molecule has 0 N–H and O–H groups in total. The average Bonchev–Trinajstić information content (AvgIpc) is 2.26. The molecule has 0 unspecified atom stereocenters. The Balaban J connectivity index is 2.12. The van der Waals surface area contributed by atoms with Gasteiger partial charge in [0.15, 0.2) is 0 Å². The molecule has 0 atom stereocenters. The van der Waals surface area contributed by atoms with Gasteiger partial charge in [0.1, 0.15) is 0 Å². The van der Waals surface area contributed by atoms with E-state index in [2.05, 4.69) is 16.9 Å². The number of hydrogen-bond acceptors (Lipinski definition) is 3. The highest BCUT2D eigenvalue weighted by molar-refractivity contribution is 5.76. The van der Waals surface area contributed by atoms with E-state index in [4.69, 9.17) is 0 Å². The molecule has 0 saturated heterocycles. The summed E-state index contributed by atoms with van der Waals surface area (Å²) in [5, 5.41) is 0. The van der Waals surface area contributed by atoms with Crippen LogP contribution in [0.5, 0.6) is 0 Å². The highest BCUT2D eigenvalue weighted by Gasteiger charge is 2.01.